The lowest BCUT2D eigenvalue weighted by molar-refractivity contribution is -0.172. The van der Waals surface area contributed by atoms with Gasteiger partial charge in [0.1, 0.15) is 6.10 Å². The number of ether oxygens (including phenoxy) is 3. The van der Waals surface area contributed by atoms with Gasteiger partial charge in [0.2, 0.25) is 0 Å². The highest BCUT2D eigenvalue weighted by Crippen LogP contribution is 2.52. The predicted octanol–water partition coefficient (Wildman–Crippen LogP) is 3.12. The zero-order valence-electron chi connectivity index (χ0n) is 16.6. The maximum absolute atomic E-state index is 12.1. The van der Waals surface area contributed by atoms with Crippen molar-refractivity contribution >= 4 is 17.9 Å². The third-order valence-electron chi connectivity index (χ3n) is 6.05. The molecule has 0 radical (unpaired) electrons. The van der Waals surface area contributed by atoms with Gasteiger partial charge < -0.3 is 14.2 Å². The summed E-state index contributed by atoms with van der Waals surface area (Å²) in [6.45, 7) is 8.77. The molecular weight excluding hydrogens is 336 g/mol. The quantitative estimate of drug-likeness (QED) is 0.484. The fourth-order valence-electron chi connectivity index (χ4n) is 4.21. The number of carbonyl (C=O) groups is 3. The molecule has 2 fully saturated rings. The first kappa shape index (κ1) is 20.7. The predicted molar refractivity (Wildman–Crippen MR) is 95.0 cm³/mol. The van der Waals surface area contributed by atoms with Crippen LogP contribution < -0.4 is 0 Å². The Kier molecular flexibility index (Phi) is 6.69. The summed E-state index contributed by atoms with van der Waals surface area (Å²) >= 11 is 0. The van der Waals surface area contributed by atoms with Gasteiger partial charge in [-0.25, -0.2) is 9.59 Å². The number of esters is 3. The average molecular weight is 368 g/mol. The molecule has 0 heterocycles. The lowest BCUT2D eigenvalue weighted by Crippen LogP contribution is -2.36. The molecular formula is C20H32O6. The van der Waals surface area contributed by atoms with Crippen molar-refractivity contribution in [3.05, 3.63) is 0 Å². The topological polar surface area (TPSA) is 78.9 Å². The molecule has 2 bridgehead atoms. The Labute approximate surface area is 155 Å². The fraction of sp³-hybridized carbons (Fsp3) is 0.850. The number of hydrogen-bond acceptors (Lipinski definition) is 6. The minimum absolute atomic E-state index is 0.0665. The molecule has 26 heavy (non-hydrogen) atoms. The Bertz CT molecular complexity index is 538. The summed E-state index contributed by atoms with van der Waals surface area (Å²) in [4.78, 5) is 35.6. The van der Waals surface area contributed by atoms with Crippen LogP contribution in [0.15, 0.2) is 0 Å². The van der Waals surface area contributed by atoms with Gasteiger partial charge in [0.05, 0.1) is 5.41 Å². The summed E-state index contributed by atoms with van der Waals surface area (Å²) in [6, 6.07) is 0. The normalized spacial score (nSPS) is 27.5. The van der Waals surface area contributed by atoms with E-state index in [0.717, 1.165) is 12.8 Å². The number of rotatable bonds is 8. The van der Waals surface area contributed by atoms with Crippen LogP contribution in [-0.4, -0.2) is 37.2 Å². The highest BCUT2D eigenvalue weighted by atomic mass is 16.6. The van der Waals surface area contributed by atoms with E-state index in [2.05, 4.69) is 13.8 Å². The summed E-state index contributed by atoms with van der Waals surface area (Å²) in [5.74, 6) is 0.210. The highest BCUT2D eigenvalue weighted by molar-refractivity contribution is 5.81. The summed E-state index contributed by atoms with van der Waals surface area (Å²) in [7, 11) is 0. The van der Waals surface area contributed by atoms with E-state index in [1.807, 2.05) is 6.92 Å². The van der Waals surface area contributed by atoms with Crippen LogP contribution in [0.25, 0.3) is 0 Å². The summed E-state index contributed by atoms with van der Waals surface area (Å²) in [5, 5.41) is 0. The van der Waals surface area contributed by atoms with Crippen LogP contribution in [0.3, 0.4) is 0 Å². The number of fused-ring (bicyclic) bond motifs is 2. The van der Waals surface area contributed by atoms with E-state index in [9.17, 15) is 14.4 Å². The second-order valence-corrected chi connectivity index (χ2v) is 8.58. The van der Waals surface area contributed by atoms with Gasteiger partial charge in [-0.1, -0.05) is 20.8 Å². The minimum atomic E-state index is -0.740. The molecule has 6 nitrogen and oxygen atoms in total. The number of carbonyl (C=O) groups excluding carboxylic acids is 3. The first-order chi connectivity index (χ1) is 12.2. The van der Waals surface area contributed by atoms with E-state index in [1.54, 1.807) is 13.8 Å². The van der Waals surface area contributed by atoms with Gasteiger partial charge in [0.15, 0.2) is 13.2 Å². The van der Waals surface area contributed by atoms with E-state index in [4.69, 9.17) is 14.2 Å². The molecule has 4 unspecified atom stereocenters. The minimum Gasteiger partial charge on any atom is -0.459 e. The van der Waals surface area contributed by atoms with Crippen molar-refractivity contribution in [1.82, 2.24) is 0 Å². The van der Waals surface area contributed by atoms with Crippen LogP contribution in [0.5, 0.6) is 0 Å². The smallest absolute Gasteiger partial charge is 0.344 e. The van der Waals surface area contributed by atoms with Gasteiger partial charge in [-0.15, -0.1) is 0 Å². The van der Waals surface area contributed by atoms with Crippen LogP contribution in [0.1, 0.15) is 60.3 Å². The third kappa shape index (κ3) is 4.77. The molecule has 6 heteroatoms. The van der Waals surface area contributed by atoms with Gasteiger partial charge in [0, 0.05) is 5.92 Å². The fourth-order valence-corrected chi connectivity index (χ4v) is 4.21. The van der Waals surface area contributed by atoms with E-state index < -0.39 is 36.5 Å². The van der Waals surface area contributed by atoms with Crippen molar-refractivity contribution in [1.29, 1.82) is 0 Å². The summed E-state index contributed by atoms with van der Waals surface area (Å²) < 4.78 is 15.5. The van der Waals surface area contributed by atoms with Gasteiger partial charge in [-0.3, -0.25) is 4.79 Å². The van der Waals surface area contributed by atoms with Crippen LogP contribution in [0.4, 0.5) is 0 Å². The lowest BCUT2D eigenvalue weighted by atomic mass is 9.79. The lowest BCUT2D eigenvalue weighted by Gasteiger charge is -2.33. The van der Waals surface area contributed by atoms with Crippen molar-refractivity contribution in [2.24, 2.45) is 29.1 Å². The van der Waals surface area contributed by atoms with Crippen molar-refractivity contribution in [2.75, 3.05) is 13.2 Å². The van der Waals surface area contributed by atoms with Gasteiger partial charge in [0.25, 0.3) is 0 Å². The maximum Gasteiger partial charge on any atom is 0.344 e. The van der Waals surface area contributed by atoms with Gasteiger partial charge in [-0.2, -0.15) is 0 Å². The van der Waals surface area contributed by atoms with E-state index in [0.29, 0.717) is 30.1 Å². The largest absolute Gasteiger partial charge is 0.459 e. The Morgan fingerprint density at radius 2 is 1.62 bits per heavy atom. The Hall–Kier alpha value is -1.59. The third-order valence-corrected chi connectivity index (χ3v) is 6.05. The second-order valence-electron chi connectivity index (χ2n) is 8.58. The zero-order valence-corrected chi connectivity index (χ0v) is 16.6. The molecule has 0 spiro atoms. The Balaban J connectivity index is 1.73. The highest BCUT2D eigenvalue weighted by Gasteiger charge is 2.50. The molecule has 4 atom stereocenters. The Morgan fingerprint density at radius 1 is 1.00 bits per heavy atom. The van der Waals surface area contributed by atoms with Crippen molar-refractivity contribution in [3.63, 3.8) is 0 Å². The first-order valence-corrected chi connectivity index (χ1v) is 9.68. The summed E-state index contributed by atoms with van der Waals surface area (Å²) in [6.07, 6.45) is 3.99. The van der Waals surface area contributed by atoms with E-state index in [-0.39, 0.29) is 6.10 Å². The molecule has 0 N–H and O–H groups in total. The van der Waals surface area contributed by atoms with Crippen molar-refractivity contribution in [3.8, 4) is 0 Å². The van der Waals surface area contributed by atoms with E-state index in [1.165, 1.54) is 6.42 Å². The average Bonchev–Trinajstić information content (AvgIpc) is 3.18. The monoisotopic (exact) mass is 368 g/mol. The molecule has 2 rings (SSSR count). The molecule has 0 amide bonds. The molecule has 148 valence electrons. The Morgan fingerprint density at radius 3 is 2.23 bits per heavy atom. The molecule has 2 aliphatic carbocycles. The van der Waals surface area contributed by atoms with Gasteiger partial charge in [-0.05, 0) is 57.3 Å². The molecule has 0 saturated heterocycles. The molecule has 0 aromatic rings. The van der Waals surface area contributed by atoms with Crippen LogP contribution in [0.2, 0.25) is 0 Å². The zero-order chi connectivity index (χ0) is 19.5. The van der Waals surface area contributed by atoms with Crippen molar-refractivity contribution in [2.45, 2.75) is 66.4 Å². The van der Waals surface area contributed by atoms with Crippen LogP contribution >= 0.6 is 0 Å². The molecule has 2 saturated carbocycles. The van der Waals surface area contributed by atoms with Crippen LogP contribution in [-0.2, 0) is 28.6 Å². The SMILES string of the molecule is CCC(C)(C)C(=O)OCC(=O)OCC(=O)OC1C2CCC(C2)C1C(C)C. The first-order valence-electron chi connectivity index (χ1n) is 9.68. The second kappa shape index (κ2) is 8.40. The number of hydrogen-bond donors (Lipinski definition) is 0. The standard InChI is InChI=1S/C20H32O6/c1-6-20(4,5)19(23)25-10-15(21)24-11-16(22)26-18-14-8-7-13(9-14)17(18)12(2)3/h12-14,17-18H,6-11H2,1-5H3. The molecule has 0 aliphatic heterocycles. The van der Waals surface area contributed by atoms with Crippen molar-refractivity contribution < 1.29 is 28.6 Å². The van der Waals surface area contributed by atoms with Gasteiger partial charge >= 0.3 is 17.9 Å². The molecule has 0 aromatic carbocycles. The molecule has 0 aromatic heterocycles. The van der Waals surface area contributed by atoms with Crippen LogP contribution in [0, 0.1) is 29.1 Å². The maximum atomic E-state index is 12.1. The molecule has 2 aliphatic rings. The summed E-state index contributed by atoms with van der Waals surface area (Å²) in [5.41, 5.74) is -0.646. The van der Waals surface area contributed by atoms with E-state index >= 15 is 0 Å².